The molecule has 0 spiro atoms. The second-order valence-corrected chi connectivity index (χ2v) is 4.86. The van der Waals surface area contributed by atoms with Gasteiger partial charge in [0.1, 0.15) is 18.0 Å². The van der Waals surface area contributed by atoms with E-state index in [9.17, 15) is 14.7 Å². The van der Waals surface area contributed by atoms with Gasteiger partial charge in [-0.15, -0.1) is 0 Å². The van der Waals surface area contributed by atoms with Crippen molar-refractivity contribution in [2.75, 3.05) is 0 Å². The Morgan fingerprint density at radius 3 is 2.45 bits per heavy atom. The second-order valence-electron chi connectivity index (χ2n) is 4.86. The topological polar surface area (TPSA) is 83.8 Å². The third-order valence-electron chi connectivity index (χ3n) is 2.74. The molecule has 0 saturated carbocycles. The average Bonchev–Trinajstić information content (AvgIpc) is 2.29. The number of aliphatic carboxylic acids is 1. The number of hydrogen-bond donors (Lipinski definition) is 2. The molecule has 0 radical (unpaired) electrons. The number of para-hydroxylation sites is 1. The monoisotopic (exact) mass is 280 g/mol. The van der Waals surface area contributed by atoms with E-state index in [1.54, 1.807) is 12.1 Å². The molecule has 2 N–H and O–H groups in total. The lowest BCUT2D eigenvalue weighted by molar-refractivity contribution is -0.173. The smallest absolute Gasteiger partial charge is 0.310 e. The van der Waals surface area contributed by atoms with Crippen LogP contribution < -0.4 is 4.74 Å². The number of benzene rings is 1. The zero-order valence-corrected chi connectivity index (χ0v) is 11.8. The van der Waals surface area contributed by atoms with Crippen LogP contribution in [-0.2, 0) is 16.0 Å². The van der Waals surface area contributed by atoms with E-state index in [1.807, 2.05) is 19.1 Å². The van der Waals surface area contributed by atoms with Crippen molar-refractivity contribution >= 4 is 11.8 Å². The molecule has 1 unspecified atom stereocenters. The lowest BCUT2D eigenvalue weighted by Gasteiger charge is -2.27. The minimum atomic E-state index is -2.01. The third kappa shape index (κ3) is 5.01. The number of carbonyl (C=O) groups excluding carboxylic acids is 1. The zero-order valence-electron chi connectivity index (χ0n) is 11.8. The van der Waals surface area contributed by atoms with E-state index < -0.39 is 18.2 Å². The normalized spacial score (nSPS) is 13.6. The molecule has 0 bridgehead atoms. The summed E-state index contributed by atoms with van der Waals surface area (Å²) in [5.41, 5.74) is 0.877. The standard InChI is InChI=1S/C15H20O5/c1-3-6-12-7-4-5-8-13(12)20-15(19,9-11(2)16)10-14(17)18/h4-5,7-8,19H,3,6,9-10H2,1-2H3,(H,17,18). The Hall–Kier alpha value is -1.88. The van der Waals surface area contributed by atoms with Gasteiger partial charge in [0.2, 0.25) is 5.79 Å². The maximum Gasteiger partial charge on any atom is 0.310 e. The summed E-state index contributed by atoms with van der Waals surface area (Å²) in [6.07, 6.45) is 0.636. The summed E-state index contributed by atoms with van der Waals surface area (Å²) in [6.45, 7) is 3.30. The number of carbonyl (C=O) groups is 2. The number of aryl methyl sites for hydroxylation is 1. The number of carboxylic acid groups (broad SMARTS) is 1. The van der Waals surface area contributed by atoms with Crippen LogP contribution in [0.25, 0.3) is 0 Å². The second kappa shape index (κ2) is 7.05. The summed E-state index contributed by atoms with van der Waals surface area (Å²) in [5, 5.41) is 19.1. The maximum absolute atomic E-state index is 11.2. The van der Waals surface area contributed by atoms with Gasteiger partial charge in [0.05, 0.1) is 6.42 Å². The first-order valence-corrected chi connectivity index (χ1v) is 6.57. The van der Waals surface area contributed by atoms with Gasteiger partial charge in [0.25, 0.3) is 0 Å². The quantitative estimate of drug-likeness (QED) is 0.713. The average molecular weight is 280 g/mol. The number of Topliss-reactive ketones (excluding diaryl/α,β-unsaturated/α-hetero) is 1. The minimum absolute atomic E-state index is 0.332. The predicted molar refractivity (Wildman–Crippen MR) is 73.6 cm³/mol. The number of ketones is 1. The first-order chi connectivity index (χ1) is 9.36. The van der Waals surface area contributed by atoms with Crippen molar-refractivity contribution in [2.24, 2.45) is 0 Å². The molecule has 0 aliphatic carbocycles. The largest absolute Gasteiger partial charge is 0.481 e. The molecule has 0 saturated heterocycles. The molecular formula is C15H20O5. The maximum atomic E-state index is 11.2. The SMILES string of the molecule is CCCc1ccccc1OC(O)(CC(C)=O)CC(=O)O. The number of rotatable bonds is 8. The van der Waals surface area contributed by atoms with Crippen molar-refractivity contribution < 1.29 is 24.5 Å². The van der Waals surface area contributed by atoms with Crippen LogP contribution in [0.15, 0.2) is 24.3 Å². The Balaban J connectivity index is 2.99. The Labute approximate surface area is 118 Å². The summed E-state index contributed by atoms with van der Waals surface area (Å²) in [6, 6.07) is 7.11. The molecule has 0 amide bonds. The molecular weight excluding hydrogens is 260 g/mol. The Morgan fingerprint density at radius 1 is 1.25 bits per heavy atom. The van der Waals surface area contributed by atoms with Crippen LogP contribution in [0.5, 0.6) is 5.75 Å². The van der Waals surface area contributed by atoms with Crippen LogP contribution >= 0.6 is 0 Å². The summed E-state index contributed by atoms with van der Waals surface area (Å²) in [5.74, 6) is -3.15. The Bertz CT molecular complexity index is 465. The number of aliphatic hydroxyl groups is 1. The van der Waals surface area contributed by atoms with Crippen LogP contribution in [-0.4, -0.2) is 27.8 Å². The van der Waals surface area contributed by atoms with Gasteiger partial charge in [-0.25, -0.2) is 0 Å². The summed E-state index contributed by atoms with van der Waals surface area (Å²) < 4.78 is 5.46. The van der Waals surface area contributed by atoms with Crippen LogP contribution in [0.4, 0.5) is 0 Å². The van der Waals surface area contributed by atoms with Crippen LogP contribution in [0.2, 0.25) is 0 Å². The molecule has 0 fully saturated rings. The van der Waals surface area contributed by atoms with Gasteiger partial charge in [0, 0.05) is 0 Å². The number of hydrogen-bond acceptors (Lipinski definition) is 4. The van der Waals surface area contributed by atoms with Crippen molar-refractivity contribution in [1.29, 1.82) is 0 Å². The van der Waals surface area contributed by atoms with Crippen molar-refractivity contribution in [1.82, 2.24) is 0 Å². The molecule has 5 heteroatoms. The van der Waals surface area contributed by atoms with Crippen molar-refractivity contribution in [3.05, 3.63) is 29.8 Å². The van der Waals surface area contributed by atoms with Gasteiger partial charge in [0.15, 0.2) is 0 Å². The molecule has 110 valence electrons. The van der Waals surface area contributed by atoms with E-state index in [2.05, 4.69) is 0 Å². The first kappa shape index (κ1) is 16.2. The zero-order chi connectivity index (χ0) is 15.2. The molecule has 0 aliphatic rings. The lowest BCUT2D eigenvalue weighted by Crippen LogP contribution is -2.40. The van der Waals surface area contributed by atoms with E-state index >= 15 is 0 Å². The van der Waals surface area contributed by atoms with E-state index in [4.69, 9.17) is 9.84 Å². The van der Waals surface area contributed by atoms with Gasteiger partial charge in [-0.3, -0.25) is 9.59 Å². The van der Waals surface area contributed by atoms with Crippen LogP contribution in [0.3, 0.4) is 0 Å². The Kier molecular flexibility index (Phi) is 5.70. The lowest BCUT2D eigenvalue weighted by atomic mass is 10.1. The van der Waals surface area contributed by atoms with Gasteiger partial charge in [-0.1, -0.05) is 31.5 Å². The van der Waals surface area contributed by atoms with E-state index in [0.29, 0.717) is 5.75 Å². The van der Waals surface area contributed by atoms with Gasteiger partial charge in [-0.2, -0.15) is 0 Å². The molecule has 0 heterocycles. The fourth-order valence-electron chi connectivity index (χ4n) is 2.04. The molecule has 20 heavy (non-hydrogen) atoms. The predicted octanol–water partition coefficient (Wildman–Crippen LogP) is 2.16. The Morgan fingerprint density at radius 2 is 1.90 bits per heavy atom. The van der Waals surface area contributed by atoms with Crippen LogP contribution in [0, 0.1) is 0 Å². The van der Waals surface area contributed by atoms with Crippen molar-refractivity contribution in [2.45, 2.75) is 45.3 Å². The molecule has 1 aromatic carbocycles. The molecule has 0 aliphatic heterocycles. The highest BCUT2D eigenvalue weighted by Gasteiger charge is 2.34. The molecule has 0 aromatic heterocycles. The summed E-state index contributed by atoms with van der Waals surface area (Å²) >= 11 is 0. The van der Waals surface area contributed by atoms with Gasteiger partial charge < -0.3 is 14.9 Å². The highest BCUT2D eigenvalue weighted by molar-refractivity contribution is 5.78. The van der Waals surface area contributed by atoms with E-state index in [1.165, 1.54) is 6.92 Å². The fraction of sp³-hybridized carbons (Fsp3) is 0.467. The first-order valence-electron chi connectivity index (χ1n) is 6.57. The molecule has 1 aromatic rings. The van der Waals surface area contributed by atoms with Crippen LogP contribution in [0.1, 0.15) is 38.7 Å². The highest BCUT2D eigenvalue weighted by atomic mass is 16.6. The van der Waals surface area contributed by atoms with E-state index in [-0.39, 0.29) is 12.2 Å². The highest BCUT2D eigenvalue weighted by Crippen LogP contribution is 2.27. The summed E-state index contributed by atoms with van der Waals surface area (Å²) in [7, 11) is 0. The minimum Gasteiger partial charge on any atom is -0.481 e. The van der Waals surface area contributed by atoms with Gasteiger partial charge in [-0.05, 0) is 25.0 Å². The molecule has 1 atom stereocenters. The van der Waals surface area contributed by atoms with Crippen molar-refractivity contribution in [3.63, 3.8) is 0 Å². The molecule has 1 rings (SSSR count). The third-order valence-corrected chi connectivity index (χ3v) is 2.74. The number of ether oxygens (including phenoxy) is 1. The fourth-order valence-corrected chi connectivity index (χ4v) is 2.04. The van der Waals surface area contributed by atoms with Gasteiger partial charge >= 0.3 is 5.97 Å². The molecule has 5 nitrogen and oxygen atoms in total. The van der Waals surface area contributed by atoms with E-state index in [0.717, 1.165) is 18.4 Å². The number of carboxylic acids is 1. The summed E-state index contributed by atoms with van der Waals surface area (Å²) in [4.78, 5) is 22.1. The van der Waals surface area contributed by atoms with Crippen molar-refractivity contribution in [3.8, 4) is 5.75 Å².